The molecule has 0 saturated carbocycles. The van der Waals surface area contributed by atoms with Gasteiger partial charge < -0.3 is 9.64 Å². The summed E-state index contributed by atoms with van der Waals surface area (Å²) >= 11 is 0. The van der Waals surface area contributed by atoms with E-state index < -0.39 is 0 Å². The number of esters is 1. The Morgan fingerprint density at radius 1 is 1.04 bits per heavy atom. The highest BCUT2D eigenvalue weighted by molar-refractivity contribution is 5.95. The quantitative estimate of drug-likeness (QED) is 0.783. The molecule has 0 aliphatic carbocycles. The second kappa shape index (κ2) is 7.38. The molecule has 1 saturated heterocycles. The van der Waals surface area contributed by atoms with Gasteiger partial charge in [-0.1, -0.05) is 29.8 Å². The number of hydrogen-bond donors (Lipinski definition) is 0. The number of carbonyl (C=O) groups is 2. The number of anilines is 1. The molecule has 1 aliphatic rings. The first-order chi connectivity index (χ1) is 12.1. The lowest BCUT2D eigenvalue weighted by Crippen LogP contribution is -2.31. The van der Waals surface area contributed by atoms with E-state index in [1.54, 1.807) is 36.1 Å². The molecule has 0 atom stereocenters. The molecule has 2 aromatic rings. The monoisotopic (exact) mass is 338 g/mol. The van der Waals surface area contributed by atoms with Crippen LogP contribution in [0.4, 0.5) is 10.5 Å². The first kappa shape index (κ1) is 17.0. The second-order valence-corrected chi connectivity index (χ2v) is 6.11. The molecule has 1 heterocycles. The maximum absolute atomic E-state index is 12.7. The summed E-state index contributed by atoms with van der Waals surface area (Å²) in [4.78, 5) is 27.9. The molecule has 5 nitrogen and oxygen atoms in total. The van der Waals surface area contributed by atoms with Crippen LogP contribution in [0.25, 0.3) is 0 Å². The number of hydrogen-bond acceptors (Lipinski definition) is 3. The van der Waals surface area contributed by atoms with Crippen molar-refractivity contribution < 1.29 is 14.3 Å². The van der Waals surface area contributed by atoms with E-state index in [4.69, 9.17) is 4.74 Å². The first-order valence-corrected chi connectivity index (χ1v) is 8.47. The molecule has 2 amide bonds. The molecule has 0 spiro atoms. The van der Waals surface area contributed by atoms with E-state index in [0.29, 0.717) is 31.8 Å². The zero-order valence-corrected chi connectivity index (χ0v) is 14.6. The molecule has 1 aliphatic heterocycles. The van der Waals surface area contributed by atoms with Crippen LogP contribution >= 0.6 is 0 Å². The fourth-order valence-corrected chi connectivity index (χ4v) is 2.87. The Morgan fingerprint density at radius 2 is 1.72 bits per heavy atom. The van der Waals surface area contributed by atoms with Gasteiger partial charge >= 0.3 is 12.0 Å². The normalized spacial score (nSPS) is 14.1. The average Bonchev–Trinajstić information content (AvgIpc) is 2.98. The Hall–Kier alpha value is -2.82. The number of urea groups is 1. The number of amides is 2. The molecule has 130 valence electrons. The molecule has 1 fully saturated rings. The molecule has 0 bridgehead atoms. The summed E-state index contributed by atoms with van der Waals surface area (Å²) in [6, 6.07) is 15.2. The van der Waals surface area contributed by atoms with E-state index >= 15 is 0 Å². The van der Waals surface area contributed by atoms with Gasteiger partial charge in [0.1, 0.15) is 0 Å². The van der Waals surface area contributed by atoms with E-state index in [9.17, 15) is 9.59 Å². The molecule has 0 aromatic heterocycles. The van der Waals surface area contributed by atoms with Crippen LogP contribution in [0.5, 0.6) is 0 Å². The predicted octanol–water partition coefficient (Wildman–Crippen LogP) is 3.61. The third kappa shape index (κ3) is 3.82. The van der Waals surface area contributed by atoms with Gasteiger partial charge in [0.05, 0.1) is 12.2 Å². The molecule has 5 heteroatoms. The summed E-state index contributed by atoms with van der Waals surface area (Å²) in [5.41, 5.74) is 3.62. The summed E-state index contributed by atoms with van der Waals surface area (Å²) in [5.74, 6) is -0.345. The van der Waals surface area contributed by atoms with E-state index in [2.05, 4.69) is 24.3 Å². The lowest BCUT2D eigenvalue weighted by atomic mass is 10.1. The zero-order valence-electron chi connectivity index (χ0n) is 14.6. The van der Waals surface area contributed by atoms with Gasteiger partial charge in [-0.2, -0.15) is 0 Å². The van der Waals surface area contributed by atoms with E-state index in [0.717, 1.165) is 11.3 Å². The van der Waals surface area contributed by atoms with Gasteiger partial charge in [0.25, 0.3) is 0 Å². The highest BCUT2D eigenvalue weighted by Gasteiger charge is 2.29. The number of aryl methyl sites for hydroxylation is 1. The molecule has 25 heavy (non-hydrogen) atoms. The Labute approximate surface area is 147 Å². The van der Waals surface area contributed by atoms with Crippen molar-refractivity contribution in [2.75, 3.05) is 24.6 Å². The van der Waals surface area contributed by atoms with Gasteiger partial charge in [0.15, 0.2) is 0 Å². The van der Waals surface area contributed by atoms with Gasteiger partial charge in [0.2, 0.25) is 0 Å². The summed E-state index contributed by atoms with van der Waals surface area (Å²) in [6.07, 6.45) is 0. The van der Waals surface area contributed by atoms with Crippen molar-refractivity contribution in [2.45, 2.75) is 20.4 Å². The molecular weight excluding hydrogens is 316 g/mol. The van der Waals surface area contributed by atoms with Crippen molar-refractivity contribution in [1.29, 1.82) is 0 Å². The minimum absolute atomic E-state index is 0.00976. The molecule has 0 N–H and O–H groups in total. The third-order valence-corrected chi connectivity index (χ3v) is 4.28. The fourth-order valence-electron chi connectivity index (χ4n) is 2.87. The van der Waals surface area contributed by atoms with Crippen LogP contribution in [0.1, 0.15) is 28.4 Å². The minimum atomic E-state index is -0.345. The van der Waals surface area contributed by atoms with Crippen LogP contribution in [-0.2, 0) is 11.3 Å². The molecule has 0 unspecified atom stereocenters. The average molecular weight is 338 g/mol. The maximum atomic E-state index is 12.7. The Morgan fingerprint density at radius 3 is 2.36 bits per heavy atom. The first-order valence-electron chi connectivity index (χ1n) is 8.47. The van der Waals surface area contributed by atoms with Crippen molar-refractivity contribution in [3.63, 3.8) is 0 Å². The van der Waals surface area contributed by atoms with Gasteiger partial charge in [-0.25, -0.2) is 9.59 Å². The summed E-state index contributed by atoms with van der Waals surface area (Å²) in [5, 5.41) is 0. The second-order valence-electron chi connectivity index (χ2n) is 6.11. The van der Waals surface area contributed by atoms with Crippen molar-refractivity contribution >= 4 is 17.7 Å². The summed E-state index contributed by atoms with van der Waals surface area (Å²) < 4.78 is 4.98. The van der Waals surface area contributed by atoms with E-state index in [1.165, 1.54) is 5.56 Å². The van der Waals surface area contributed by atoms with E-state index in [1.807, 2.05) is 11.8 Å². The van der Waals surface area contributed by atoms with E-state index in [-0.39, 0.29) is 12.0 Å². The number of carbonyl (C=O) groups excluding carboxylic acids is 2. The van der Waals surface area contributed by atoms with Crippen LogP contribution in [0.15, 0.2) is 48.5 Å². The molecule has 3 rings (SSSR count). The van der Waals surface area contributed by atoms with Crippen LogP contribution in [0, 0.1) is 6.92 Å². The van der Waals surface area contributed by atoms with Gasteiger partial charge in [-0.05, 0) is 43.7 Å². The SMILES string of the molecule is CCOC(=O)c1ccc(N2CCN(Cc3ccc(C)cc3)C2=O)cc1. The maximum Gasteiger partial charge on any atom is 0.338 e. The summed E-state index contributed by atoms with van der Waals surface area (Å²) in [7, 11) is 0. The molecule has 0 radical (unpaired) electrons. The van der Waals surface area contributed by atoms with Crippen LogP contribution in [0.2, 0.25) is 0 Å². The fraction of sp³-hybridized carbons (Fsp3) is 0.300. The number of nitrogens with zero attached hydrogens (tertiary/aromatic N) is 2. The largest absolute Gasteiger partial charge is 0.462 e. The Kier molecular flexibility index (Phi) is 5.03. The van der Waals surface area contributed by atoms with Crippen LogP contribution < -0.4 is 4.90 Å². The van der Waals surface area contributed by atoms with Crippen molar-refractivity contribution in [2.24, 2.45) is 0 Å². The summed E-state index contributed by atoms with van der Waals surface area (Å²) in [6.45, 7) is 6.11. The van der Waals surface area contributed by atoms with Crippen molar-refractivity contribution in [1.82, 2.24) is 4.90 Å². The van der Waals surface area contributed by atoms with Crippen LogP contribution in [0.3, 0.4) is 0 Å². The van der Waals surface area contributed by atoms with Gasteiger partial charge in [0, 0.05) is 25.3 Å². The number of rotatable bonds is 5. The minimum Gasteiger partial charge on any atom is -0.462 e. The van der Waals surface area contributed by atoms with Gasteiger partial charge in [-0.15, -0.1) is 0 Å². The lowest BCUT2D eigenvalue weighted by molar-refractivity contribution is 0.0526. The topological polar surface area (TPSA) is 49.9 Å². The predicted molar refractivity (Wildman–Crippen MR) is 96.7 cm³/mol. The lowest BCUT2D eigenvalue weighted by Gasteiger charge is -2.19. The third-order valence-electron chi connectivity index (χ3n) is 4.28. The zero-order chi connectivity index (χ0) is 17.8. The Bertz CT molecular complexity index is 754. The highest BCUT2D eigenvalue weighted by atomic mass is 16.5. The molecular formula is C20H22N2O3. The standard InChI is InChI=1S/C20H22N2O3/c1-3-25-19(23)17-8-10-18(11-9-17)22-13-12-21(20(22)24)14-16-6-4-15(2)5-7-16/h4-11H,3,12-14H2,1-2H3. The number of ether oxygens (including phenoxy) is 1. The van der Waals surface area contributed by atoms with Crippen LogP contribution in [-0.4, -0.2) is 36.6 Å². The van der Waals surface area contributed by atoms with Crippen molar-refractivity contribution in [3.8, 4) is 0 Å². The Balaban J connectivity index is 1.67. The van der Waals surface area contributed by atoms with Gasteiger partial charge in [-0.3, -0.25) is 4.90 Å². The number of benzene rings is 2. The smallest absolute Gasteiger partial charge is 0.338 e. The highest BCUT2D eigenvalue weighted by Crippen LogP contribution is 2.22. The van der Waals surface area contributed by atoms with Crippen molar-refractivity contribution in [3.05, 3.63) is 65.2 Å². The molecule has 2 aromatic carbocycles.